The summed E-state index contributed by atoms with van der Waals surface area (Å²) in [7, 11) is 1.35. The number of aromatic nitrogens is 1. The molecule has 0 aliphatic rings. The molecule has 0 bridgehead atoms. The molecular formula is C25H27NO5. The number of benzene rings is 2. The molecule has 0 N–H and O–H groups in total. The van der Waals surface area contributed by atoms with Gasteiger partial charge in [-0.2, -0.15) is 0 Å². The van der Waals surface area contributed by atoms with E-state index in [4.69, 9.17) is 19.2 Å². The van der Waals surface area contributed by atoms with Gasteiger partial charge >= 0.3 is 11.9 Å². The lowest BCUT2D eigenvalue weighted by Crippen LogP contribution is -2.38. The van der Waals surface area contributed by atoms with Gasteiger partial charge in [-0.3, -0.25) is 0 Å². The molecule has 0 atom stereocenters. The quantitative estimate of drug-likeness (QED) is 0.396. The Morgan fingerprint density at radius 1 is 1.00 bits per heavy atom. The third kappa shape index (κ3) is 4.91. The van der Waals surface area contributed by atoms with Crippen LogP contribution < -0.4 is 4.74 Å². The fourth-order valence-corrected chi connectivity index (χ4v) is 3.26. The fraction of sp³-hybridized carbons (Fsp3) is 0.320. The number of hydrogen-bond donors (Lipinski definition) is 0. The van der Waals surface area contributed by atoms with E-state index in [2.05, 4.69) is 6.92 Å². The molecule has 0 unspecified atom stereocenters. The Bertz CT molecular complexity index is 1100. The van der Waals surface area contributed by atoms with Gasteiger partial charge in [-0.25, -0.2) is 14.6 Å². The van der Waals surface area contributed by atoms with E-state index in [0.29, 0.717) is 29.2 Å². The summed E-state index contributed by atoms with van der Waals surface area (Å²) in [6.07, 6.45) is 0.894. The molecule has 3 aromatic rings. The van der Waals surface area contributed by atoms with Gasteiger partial charge in [-0.1, -0.05) is 13.0 Å². The highest BCUT2D eigenvalue weighted by Gasteiger charge is 2.30. The van der Waals surface area contributed by atoms with E-state index in [9.17, 15) is 9.59 Å². The van der Waals surface area contributed by atoms with Gasteiger partial charge in [0.2, 0.25) is 0 Å². The van der Waals surface area contributed by atoms with Crippen LogP contribution in [-0.2, 0) is 20.7 Å². The van der Waals surface area contributed by atoms with E-state index in [1.807, 2.05) is 25.1 Å². The lowest BCUT2D eigenvalue weighted by Gasteiger charge is -2.22. The highest BCUT2D eigenvalue weighted by molar-refractivity contribution is 6.00. The van der Waals surface area contributed by atoms with Gasteiger partial charge in [0.1, 0.15) is 5.75 Å². The van der Waals surface area contributed by atoms with Gasteiger partial charge in [0.15, 0.2) is 5.60 Å². The molecule has 3 rings (SSSR count). The number of rotatable bonds is 7. The van der Waals surface area contributed by atoms with Crippen LogP contribution in [0.4, 0.5) is 0 Å². The maximum Gasteiger partial charge on any atom is 0.343 e. The van der Waals surface area contributed by atoms with Crippen molar-refractivity contribution in [1.29, 1.82) is 0 Å². The summed E-state index contributed by atoms with van der Waals surface area (Å²) in [6.45, 7) is 7.64. The Balaban J connectivity index is 1.97. The van der Waals surface area contributed by atoms with Crippen molar-refractivity contribution in [3.8, 4) is 17.0 Å². The topological polar surface area (TPSA) is 74.7 Å². The van der Waals surface area contributed by atoms with Gasteiger partial charge < -0.3 is 14.2 Å². The molecule has 6 heteroatoms. The molecule has 0 saturated heterocycles. The van der Waals surface area contributed by atoms with Crippen molar-refractivity contribution in [1.82, 2.24) is 4.98 Å². The first-order valence-corrected chi connectivity index (χ1v) is 10.3. The summed E-state index contributed by atoms with van der Waals surface area (Å²) in [5, 5.41) is 0.882. The molecule has 1 heterocycles. The van der Waals surface area contributed by atoms with Crippen molar-refractivity contribution >= 4 is 22.8 Å². The molecule has 1 aromatic heterocycles. The van der Waals surface area contributed by atoms with Crippen LogP contribution in [0.15, 0.2) is 48.5 Å². The largest absolute Gasteiger partial charge is 0.465 e. The predicted octanol–water partition coefficient (Wildman–Crippen LogP) is 4.97. The summed E-state index contributed by atoms with van der Waals surface area (Å²) < 4.78 is 15.9. The molecular weight excluding hydrogens is 394 g/mol. The van der Waals surface area contributed by atoms with Gasteiger partial charge in [0.05, 0.1) is 23.9 Å². The number of carbonyl (C=O) groups excluding carboxylic acids is 2. The second-order valence-electron chi connectivity index (χ2n) is 7.61. The van der Waals surface area contributed by atoms with Gasteiger partial charge in [0.25, 0.3) is 0 Å². The molecule has 2 aromatic carbocycles. The van der Waals surface area contributed by atoms with Crippen molar-refractivity contribution in [2.75, 3.05) is 13.7 Å². The fourth-order valence-electron chi connectivity index (χ4n) is 3.26. The van der Waals surface area contributed by atoms with Gasteiger partial charge in [-0.15, -0.1) is 0 Å². The number of esters is 2. The minimum atomic E-state index is -1.04. The number of pyridine rings is 1. The van der Waals surface area contributed by atoms with Crippen LogP contribution in [0, 0.1) is 0 Å². The van der Waals surface area contributed by atoms with Crippen LogP contribution in [-0.4, -0.2) is 36.2 Å². The van der Waals surface area contributed by atoms with E-state index >= 15 is 0 Å². The van der Waals surface area contributed by atoms with Crippen LogP contribution in [0.25, 0.3) is 22.2 Å². The van der Waals surface area contributed by atoms with Crippen molar-refractivity contribution in [3.05, 3.63) is 59.7 Å². The number of fused-ring (bicyclic) bond motifs is 1. The summed E-state index contributed by atoms with van der Waals surface area (Å²) >= 11 is 0. The number of ether oxygens (including phenoxy) is 3. The monoisotopic (exact) mass is 421 g/mol. The molecule has 162 valence electrons. The summed E-state index contributed by atoms with van der Waals surface area (Å²) in [6, 6.07) is 14.7. The van der Waals surface area contributed by atoms with Crippen molar-refractivity contribution in [2.24, 2.45) is 0 Å². The van der Waals surface area contributed by atoms with E-state index in [-0.39, 0.29) is 0 Å². The summed E-state index contributed by atoms with van der Waals surface area (Å²) in [5.41, 5.74) is 2.52. The summed E-state index contributed by atoms with van der Waals surface area (Å²) in [4.78, 5) is 29.5. The maximum atomic E-state index is 12.4. The molecule has 0 aliphatic carbocycles. The minimum absolute atomic E-state index is 0.380. The molecule has 6 nitrogen and oxygen atoms in total. The molecule has 0 amide bonds. The third-order valence-corrected chi connectivity index (χ3v) is 5.03. The Hall–Kier alpha value is -3.25. The maximum absolute atomic E-state index is 12.4. The first kappa shape index (κ1) is 22.4. The highest BCUT2D eigenvalue weighted by atomic mass is 16.6. The smallest absolute Gasteiger partial charge is 0.343 e. The number of nitrogens with zero attached hydrogens (tertiary/aromatic N) is 1. The normalized spacial score (nSPS) is 11.4. The standard InChI is InChI=1S/C25H27NO5/c1-6-16-8-13-21-18(14-16)15-20(23(27)29-5)22(26-21)17-9-11-19(12-10-17)31-24(28)25(3,4)30-7-2/h8-15H,6-7H2,1-5H3. The molecule has 0 radical (unpaired) electrons. The predicted molar refractivity (Wildman–Crippen MR) is 119 cm³/mol. The average molecular weight is 421 g/mol. The third-order valence-electron chi connectivity index (χ3n) is 5.03. The zero-order valence-corrected chi connectivity index (χ0v) is 18.5. The highest BCUT2D eigenvalue weighted by Crippen LogP contribution is 2.29. The second kappa shape index (κ2) is 9.27. The van der Waals surface area contributed by atoms with Crippen molar-refractivity contribution in [2.45, 2.75) is 39.7 Å². The molecule has 0 fully saturated rings. The molecule has 0 saturated carbocycles. The SMILES string of the molecule is CCOC(C)(C)C(=O)Oc1ccc(-c2nc3ccc(CC)cc3cc2C(=O)OC)cc1. The Morgan fingerprint density at radius 3 is 2.32 bits per heavy atom. The van der Waals surface area contributed by atoms with E-state index in [1.54, 1.807) is 44.2 Å². The number of methoxy groups -OCH3 is 1. The van der Waals surface area contributed by atoms with E-state index < -0.39 is 17.5 Å². The second-order valence-corrected chi connectivity index (χ2v) is 7.61. The molecule has 31 heavy (non-hydrogen) atoms. The number of hydrogen-bond acceptors (Lipinski definition) is 6. The zero-order valence-electron chi connectivity index (χ0n) is 18.5. The lowest BCUT2D eigenvalue weighted by atomic mass is 10.0. The molecule has 0 spiro atoms. The molecule has 0 aliphatic heterocycles. The van der Waals surface area contributed by atoms with Crippen LogP contribution >= 0.6 is 0 Å². The van der Waals surface area contributed by atoms with Crippen molar-refractivity contribution < 1.29 is 23.8 Å². The first-order chi connectivity index (χ1) is 14.8. The summed E-state index contributed by atoms with van der Waals surface area (Å²) in [5.74, 6) is -0.553. The number of aryl methyl sites for hydroxylation is 1. The first-order valence-electron chi connectivity index (χ1n) is 10.3. The Morgan fingerprint density at radius 2 is 1.71 bits per heavy atom. The van der Waals surface area contributed by atoms with Gasteiger partial charge in [0, 0.05) is 17.6 Å². The Labute approximate surface area is 182 Å². The van der Waals surface area contributed by atoms with Gasteiger partial charge in [-0.05, 0) is 75.2 Å². The minimum Gasteiger partial charge on any atom is -0.465 e. The average Bonchev–Trinajstić information content (AvgIpc) is 2.77. The van der Waals surface area contributed by atoms with Crippen LogP contribution in [0.5, 0.6) is 5.75 Å². The van der Waals surface area contributed by atoms with E-state index in [0.717, 1.165) is 17.3 Å². The van der Waals surface area contributed by atoms with Crippen molar-refractivity contribution in [3.63, 3.8) is 0 Å². The van der Waals surface area contributed by atoms with Crippen LogP contribution in [0.2, 0.25) is 0 Å². The van der Waals surface area contributed by atoms with Crippen LogP contribution in [0.1, 0.15) is 43.6 Å². The van der Waals surface area contributed by atoms with Crippen LogP contribution in [0.3, 0.4) is 0 Å². The zero-order chi connectivity index (χ0) is 22.6. The Kier molecular flexibility index (Phi) is 6.71. The number of carbonyl (C=O) groups is 2. The van der Waals surface area contributed by atoms with E-state index in [1.165, 1.54) is 12.7 Å². The lowest BCUT2D eigenvalue weighted by molar-refractivity contribution is -0.157.